The summed E-state index contributed by atoms with van der Waals surface area (Å²) in [5.41, 5.74) is 0.492. The molecule has 0 spiro atoms. The van der Waals surface area contributed by atoms with Crippen LogP contribution in [0.2, 0.25) is 0 Å². The summed E-state index contributed by atoms with van der Waals surface area (Å²) in [6.07, 6.45) is -0.656. The van der Waals surface area contributed by atoms with E-state index in [1.165, 1.54) is 24.3 Å². The van der Waals surface area contributed by atoms with Crippen molar-refractivity contribution in [1.29, 1.82) is 0 Å². The molecule has 0 aromatic heterocycles. The van der Waals surface area contributed by atoms with E-state index in [9.17, 15) is 18.5 Å². The molecule has 0 amide bonds. The van der Waals surface area contributed by atoms with Crippen LogP contribution in [0.15, 0.2) is 24.3 Å². The Morgan fingerprint density at radius 2 is 1.65 bits per heavy atom. The average Bonchev–Trinajstić information content (AvgIpc) is 2.55. The first kappa shape index (κ1) is 22.5. The van der Waals surface area contributed by atoms with Crippen LogP contribution in [0, 0.1) is 5.82 Å². The fraction of sp³-hybridized carbons (Fsp3) is 0.556. The van der Waals surface area contributed by atoms with Gasteiger partial charge in [0.1, 0.15) is 23.9 Å². The first-order valence-corrected chi connectivity index (χ1v) is 10.4. The molecule has 1 aromatic rings. The standard InChI is InChI=1S/C18H26FO6P/c1-4-7-18(21)25-17(14-8-10-15(19)11-9-14)12-16(20)13-26(22,23-5-2)24-6-3/h8-11,17H,4-7,12-13H2,1-3H3/t17-/m0/s1. The number of hydrogen-bond acceptors (Lipinski definition) is 6. The Kier molecular flexibility index (Phi) is 9.70. The van der Waals surface area contributed by atoms with Crippen LogP contribution in [0.4, 0.5) is 4.39 Å². The van der Waals surface area contributed by atoms with Crippen molar-refractivity contribution in [2.24, 2.45) is 0 Å². The molecule has 6 nitrogen and oxygen atoms in total. The molecule has 0 aliphatic rings. The highest BCUT2D eigenvalue weighted by atomic mass is 31.2. The molecule has 1 rings (SSSR count). The van der Waals surface area contributed by atoms with Crippen LogP contribution < -0.4 is 0 Å². The van der Waals surface area contributed by atoms with Gasteiger partial charge >= 0.3 is 13.6 Å². The SMILES string of the molecule is CCCC(=O)O[C@@H](CC(=O)CP(=O)(OCC)OCC)c1ccc(F)cc1. The molecule has 1 aromatic carbocycles. The summed E-state index contributed by atoms with van der Waals surface area (Å²) in [6, 6.07) is 5.37. The van der Waals surface area contributed by atoms with E-state index >= 15 is 0 Å². The smallest absolute Gasteiger partial charge is 0.338 e. The van der Waals surface area contributed by atoms with E-state index in [-0.39, 0.29) is 26.1 Å². The van der Waals surface area contributed by atoms with Gasteiger partial charge in [-0.2, -0.15) is 0 Å². The first-order valence-electron chi connectivity index (χ1n) is 8.68. The Morgan fingerprint density at radius 1 is 1.08 bits per heavy atom. The number of rotatable bonds is 12. The lowest BCUT2D eigenvalue weighted by atomic mass is 10.0. The lowest BCUT2D eigenvalue weighted by Gasteiger charge is -2.20. The van der Waals surface area contributed by atoms with Crippen LogP contribution in [-0.2, 0) is 27.9 Å². The molecule has 0 saturated heterocycles. The van der Waals surface area contributed by atoms with Crippen molar-refractivity contribution >= 4 is 19.3 Å². The third-order valence-corrected chi connectivity index (χ3v) is 5.45. The van der Waals surface area contributed by atoms with E-state index in [0.29, 0.717) is 12.0 Å². The Bertz CT molecular complexity index is 621. The normalized spacial score (nSPS) is 12.6. The van der Waals surface area contributed by atoms with Gasteiger partial charge in [-0.15, -0.1) is 0 Å². The first-order chi connectivity index (χ1) is 12.3. The molecule has 0 aliphatic heterocycles. The van der Waals surface area contributed by atoms with E-state index in [1.807, 2.05) is 6.92 Å². The van der Waals surface area contributed by atoms with E-state index in [4.69, 9.17) is 13.8 Å². The fourth-order valence-corrected chi connectivity index (χ4v) is 3.94. The molecule has 8 heteroatoms. The molecule has 0 saturated carbocycles. The van der Waals surface area contributed by atoms with Gasteiger partial charge in [0.15, 0.2) is 0 Å². The van der Waals surface area contributed by atoms with Gasteiger partial charge in [0.05, 0.1) is 13.2 Å². The fourth-order valence-electron chi connectivity index (χ4n) is 2.34. The quantitative estimate of drug-likeness (QED) is 0.389. The van der Waals surface area contributed by atoms with E-state index in [0.717, 1.165) is 0 Å². The number of carbonyl (C=O) groups is 2. The average molecular weight is 388 g/mol. The number of ketones is 1. The molecule has 1 atom stereocenters. The number of esters is 1. The molecule has 146 valence electrons. The van der Waals surface area contributed by atoms with Crippen molar-refractivity contribution in [2.75, 3.05) is 19.4 Å². The second-order valence-electron chi connectivity index (χ2n) is 5.63. The lowest BCUT2D eigenvalue weighted by Crippen LogP contribution is -2.18. The Balaban J connectivity index is 2.89. The Labute approximate surface area is 153 Å². The van der Waals surface area contributed by atoms with Gasteiger partial charge in [-0.05, 0) is 38.0 Å². The number of halogens is 1. The van der Waals surface area contributed by atoms with Gasteiger partial charge in [-0.25, -0.2) is 4.39 Å². The van der Waals surface area contributed by atoms with E-state index < -0.39 is 37.4 Å². The summed E-state index contributed by atoms with van der Waals surface area (Å²) in [7, 11) is -3.53. The zero-order chi connectivity index (χ0) is 19.6. The minimum absolute atomic E-state index is 0.150. The van der Waals surface area contributed by atoms with Crippen LogP contribution in [0.3, 0.4) is 0 Å². The minimum atomic E-state index is -3.53. The van der Waals surface area contributed by atoms with Gasteiger partial charge in [-0.1, -0.05) is 19.1 Å². The number of ether oxygens (including phenoxy) is 1. The van der Waals surface area contributed by atoms with Crippen LogP contribution in [0.25, 0.3) is 0 Å². The zero-order valence-electron chi connectivity index (χ0n) is 15.4. The number of hydrogen-bond donors (Lipinski definition) is 0. The van der Waals surface area contributed by atoms with E-state index in [1.54, 1.807) is 13.8 Å². The highest BCUT2D eigenvalue weighted by molar-refractivity contribution is 7.54. The molecule has 0 aliphatic carbocycles. The molecule has 0 unspecified atom stereocenters. The predicted octanol–water partition coefficient (Wildman–Crippen LogP) is 4.44. The van der Waals surface area contributed by atoms with Gasteiger partial charge in [-0.3, -0.25) is 14.2 Å². The Hall–Kier alpha value is -1.56. The topological polar surface area (TPSA) is 78.9 Å². The molecule has 26 heavy (non-hydrogen) atoms. The second kappa shape index (κ2) is 11.2. The minimum Gasteiger partial charge on any atom is -0.457 e. The summed E-state index contributed by atoms with van der Waals surface area (Å²) < 4.78 is 41.2. The molecule has 0 bridgehead atoms. The van der Waals surface area contributed by atoms with Crippen molar-refractivity contribution in [2.45, 2.75) is 46.1 Å². The number of benzene rings is 1. The van der Waals surface area contributed by atoms with E-state index in [2.05, 4.69) is 0 Å². The van der Waals surface area contributed by atoms with Crippen LogP contribution >= 0.6 is 7.60 Å². The van der Waals surface area contributed by atoms with Crippen LogP contribution in [-0.4, -0.2) is 31.1 Å². The number of Topliss-reactive ketones (excluding diaryl/α,β-unsaturated/α-hetero) is 1. The van der Waals surface area contributed by atoms with Crippen molar-refractivity contribution in [3.8, 4) is 0 Å². The summed E-state index contributed by atoms with van der Waals surface area (Å²) in [4.78, 5) is 24.3. The zero-order valence-corrected chi connectivity index (χ0v) is 16.3. The van der Waals surface area contributed by atoms with Gasteiger partial charge in [0.2, 0.25) is 0 Å². The van der Waals surface area contributed by atoms with Crippen molar-refractivity contribution < 1.29 is 32.3 Å². The van der Waals surface area contributed by atoms with Crippen LogP contribution in [0.1, 0.15) is 51.7 Å². The van der Waals surface area contributed by atoms with Gasteiger partial charge in [0, 0.05) is 12.8 Å². The predicted molar refractivity (Wildman–Crippen MR) is 95.5 cm³/mol. The maximum atomic E-state index is 13.1. The molecular formula is C18H26FO6P. The molecule has 0 N–H and O–H groups in total. The lowest BCUT2D eigenvalue weighted by molar-refractivity contribution is -0.150. The second-order valence-corrected chi connectivity index (χ2v) is 7.68. The number of carbonyl (C=O) groups excluding carboxylic acids is 2. The molecule has 0 heterocycles. The summed E-state index contributed by atoms with van der Waals surface area (Å²) in [6.45, 7) is 5.45. The highest BCUT2D eigenvalue weighted by Crippen LogP contribution is 2.48. The van der Waals surface area contributed by atoms with Gasteiger partial charge in [0.25, 0.3) is 0 Å². The Morgan fingerprint density at radius 3 is 2.15 bits per heavy atom. The maximum absolute atomic E-state index is 13.1. The molecular weight excluding hydrogens is 362 g/mol. The third-order valence-electron chi connectivity index (χ3n) is 3.40. The largest absolute Gasteiger partial charge is 0.457 e. The van der Waals surface area contributed by atoms with Crippen LogP contribution in [0.5, 0.6) is 0 Å². The summed E-state index contributed by atoms with van der Waals surface area (Å²) in [5, 5.41) is 0. The molecule has 0 radical (unpaired) electrons. The maximum Gasteiger partial charge on any atom is 0.338 e. The highest BCUT2D eigenvalue weighted by Gasteiger charge is 2.30. The summed E-state index contributed by atoms with van der Waals surface area (Å²) in [5.74, 6) is -1.31. The van der Waals surface area contributed by atoms with Crippen molar-refractivity contribution in [3.63, 3.8) is 0 Å². The van der Waals surface area contributed by atoms with Gasteiger partial charge < -0.3 is 13.8 Å². The third kappa shape index (κ3) is 7.77. The molecule has 0 fully saturated rings. The van der Waals surface area contributed by atoms with Crippen molar-refractivity contribution in [1.82, 2.24) is 0 Å². The monoisotopic (exact) mass is 388 g/mol. The summed E-state index contributed by atoms with van der Waals surface area (Å²) >= 11 is 0. The van der Waals surface area contributed by atoms with Crippen molar-refractivity contribution in [3.05, 3.63) is 35.6 Å².